The van der Waals surface area contributed by atoms with Crippen molar-refractivity contribution < 1.29 is 14.6 Å². The fourth-order valence-corrected chi connectivity index (χ4v) is 1.93. The minimum atomic E-state index is -0.698. The van der Waals surface area contributed by atoms with Crippen molar-refractivity contribution in [3.63, 3.8) is 0 Å². The zero-order valence-corrected chi connectivity index (χ0v) is 13.8. The number of aliphatic hydroxyl groups is 1. The standard InChI is InChI=1S/C14H16N8O3/c1-14(2,3)25-13(24)21-12-19-10-9(18-8(5-23)4-16-10)11(20-12)22-7-15-6-17-22/h4,6-7,23H,5H2,1-3H3,(H,16,19,20,21,24). The van der Waals surface area contributed by atoms with E-state index in [0.29, 0.717) is 11.2 Å². The van der Waals surface area contributed by atoms with E-state index in [1.807, 2.05) is 0 Å². The number of carbonyl (C=O) groups is 1. The van der Waals surface area contributed by atoms with Gasteiger partial charge in [-0.05, 0) is 20.8 Å². The van der Waals surface area contributed by atoms with Gasteiger partial charge >= 0.3 is 6.09 Å². The summed E-state index contributed by atoms with van der Waals surface area (Å²) in [5.41, 5.74) is 0.228. The van der Waals surface area contributed by atoms with Crippen molar-refractivity contribution in [1.82, 2.24) is 34.7 Å². The van der Waals surface area contributed by atoms with Crippen LogP contribution in [0.4, 0.5) is 10.7 Å². The molecular formula is C14H16N8O3. The number of hydrogen-bond acceptors (Lipinski definition) is 9. The highest BCUT2D eigenvalue weighted by Crippen LogP contribution is 2.18. The second-order valence-corrected chi connectivity index (χ2v) is 6.03. The number of fused-ring (bicyclic) bond motifs is 1. The van der Waals surface area contributed by atoms with Crippen LogP contribution < -0.4 is 5.32 Å². The summed E-state index contributed by atoms with van der Waals surface area (Å²) in [5, 5.41) is 15.7. The largest absolute Gasteiger partial charge is 0.444 e. The number of amides is 1. The van der Waals surface area contributed by atoms with E-state index >= 15 is 0 Å². The maximum absolute atomic E-state index is 11.9. The molecule has 3 rings (SSSR count). The van der Waals surface area contributed by atoms with E-state index < -0.39 is 11.7 Å². The van der Waals surface area contributed by atoms with Crippen molar-refractivity contribution in [2.24, 2.45) is 0 Å². The molecule has 0 spiro atoms. The first-order valence-electron chi connectivity index (χ1n) is 7.35. The van der Waals surface area contributed by atoms with Gasteiger partial charge < -0.3 is 9.84 Å². The van der Waals surface area contributed by atoms with E-state index in [4.69, 9.17) is 4.74 Å². The quantitative estimate of drug-likeness (QED) is 0.706. The van der Waals surface area contributed by atoms with Crippen LogP contribution in [-0.4, -0.2) is 51.5 Å². The van der Waals surface area contributed by atoms with Crippen LogP contribution in [0.15, 0.2) is 18.9 Å². The highest BCUT2D eigenvalue weighted by molar-refractivity contribution is 5.85. The Morgan fingerprint density at radius 2 is 2.12 bits per heavy atom. The Balaban J connectivity index is 2.05. The molecule has 0 aromatic carbocycles. The third-order valence-electron chi connectivity index (χ3n) is 2.85. The fourth-order valence-electron chi connectivity index (χ4n) is 1.93. The lowest BCUT2D eigenvalue weighted by atomic mass is 10.2. The van der Waals surface area contributed by atoms with Crippen molar-refractivity contribution in [2.45, 2.75) is 33.0 Å². The Hall–Kier alpha value is -3.21. The van der Waals surface area contributed by atoms with Crippen molar-refractivity contribution in [2.75, 3.05) is 5.32 Å². The average Bonchev–Trinajstić information content (AvgIpc) is 3.06. The van der Waals surface area contributed by atoms with Gasteiger partial charge in [-0.1, -0.05) is 0 Å². The third kappa shape index (κ3) is 3.83. The molecule has 130 valence electrons. The number of nitrogens with zero attached hydrogens (tertiary/aromatic N) is 7. The predicted octanol–water partition coefficient (Wildman–Crippen LogP) is 0.840. The lowest BCUT2D eigenvalue weighted by molar-refractivity contribution is 0.0634. The van der Waals surface area contributed by atoms with Crippen LogP contribution in [0.1, 0.15) is 26.5 Å². The summed E-state index contributed by atoms with van der Waals surface area (Å²) < 4.78 is 6.55. The molecule has 11 heteroatoms. The second kappa shape index (κ2) is 6.36. The van der Waals surface area contributed by atoms with Crippen molar-refractivity contribution in [1.29, 1.82) is 0 Å². The molecule has 0 aliphatic rings. The molecule has 0 radical (unpaired) electrons. The normalized spacial score (nSPS) is 11.5. The van der Waals surface area contributed by atoms with Gasteiger partial charge in [0.05, 0.1) is 18.5 Å². The van der Waals surface area contributed by atoms with Crippen LogP contribution in [0.5, 0.6) is 0 Å². The molecule has 3 aromatic rings. The molecule has 3 aromatic heterocycles. The molecule has 1 amide bonds. The van der Waals surface area contributed by atoms with Crippen LogP contribution in [-0.2, 0) is 11.3 Å². The summed E-state index contributed by atoms with van der Waals surface area (Å²) in [6.45, 7) is 4.96. The van der Waals surface area contributed by atoms with Gasteiger partial charge in [-0.25, -0.2) is 24.4 Å². The smallest absolute Gasteiger partial charge is 0.414 e. The van der Waals surface area contributed by atoms with E-state index in [-0.39, 0.29) is 24.0 Å². The number of aliphatic hydroxyl groups excluding tert-OH is 1. The summed E-state index contributed by atoms with van der Waals surface area (Å²) in [5.74, 6) is 0.245. The van der Waals surface area contributed by atoms with E-state index in [1.54, 1.807) is 20.8 Å². The molecule has 25 heavy (non-hydrogen) atoms. The Labute approximate surface area is 142 Å². The Bertz CT molecular complexity index is 904. The maximum Gasteiger partial charge on any atom is 0.414 e. The number of rotatable bonds is 3. The van der Waals surface area contributed by atoms with Gasteiger partial charge in [-0.2, -0.15) is 15.1 Å². The Morgan fingerprint density at radius 3 is 2.76 bits per heavy atom. The first-order valence-corrected chi connectivity index (χ1v) is 7.35. The van der Waals surface area contributed by atoms with E-state index in [0.717, 1.165) is 0 Å². The monoisotopic (exact) mass is 344 g/mol. The number of hydrogen-bond donors (Lipinski definition) is 2. The maximum atomic E-state index is 11.9. The summed E-state index contributed by atoms with van der Waals surface area (Å²) >= 11 is 0. The fraction of sp³-hybridized carbons (Fsp3) is 0.357. The van der Waals surface area contributed by atoms with Gasteiger partial charge in [-0.3, -0.25) is 5.32 Å². The number of carbonyl (C=O) groups excluding carboxylic acids is 1. The van der Waals surface area contributed by atoms with Crippen LogP contribution >= 0.6 is 0 Å². The van der Waals surface area contributed by atoms with Gasteiger partial charge in [0.2, 0.25) is 5.95 Å². The van der Waals surface area contributed by atoms with Gasteiger partial charge in [0.1, 0.15) is 18.3 Å². The molecule has 0 fully saturated rings. The van der Waals surface area contributed by atoms with Gasteiger partial charge in [0.15, 0.2) is 17.0 Å². The zero-order chi connectivity index (χ0) is 18.0. The summed E-state index contributed by atoms with van der Waals surface area (Å²) in [7, 11) is 0. The van der Waals surface area contributed by atoms with E-state index in [9.17, 15) is 9.90 Å². The van der Waals surface area contributed by atoms with Crippen molar-refractivity contribution in [3.8, 4) is 5.82 Å². The van der Waals surface area contributed by atoms with Gasteiger partial charge in [0, 0.05) is 0 Å². The highest BCUT2D eigenvalue weighted by atomic mass is 16.6. The zero-order valence-electron chi connectivity index (χ0n) is 13.8. The third-order valence-corrected chi connectivity index (χ3v) is 2.85. The summed E-state index contributed by atoms with van der Waals surface area (Å²) in [6.07, 6.45) is 3.44. The van der Waals surface area contributed by atoms with Crippen LogP contribution in [0.2, 0.25) is 0 Å². The number of ether oxygens (including phenoxy) is 1. The number of aromatic nitrogens is 7. The Kier molecular flexibility index (Phi) is 4.23. The summed E-state index contributed by atoms with van der Waals surface area (Å²) in [6, 6.07) is 0. The molecule has 0 saturated carbocycles. The molecular weight excluding hydrogens is 328 g/mol. The minimum absolute atomic E-state index is 0.0155. The second-order valence-electron chi connectivity index (χ2n) is 6.03. The van der Waals surface area contributed by atoms with E-state index in [2.05, 4.69) is 35.3 Å². The van der Waals surface area contributed by atoms with Crippen molar-refractivity contribution in [3.05, 3.63) is 24.5 Å². The Morgan fingerprint density at radius 1 is 1.32 bits per heavy atom. The topological polar surface area (TPSA) is 141 Å². The number of anilines is 1. The molecule has 0 aliphatic carbocycles. The lowest BCUT2D eigenvalue weighted by Gasteiger charge is -2.19. The highest BCUT2D eigenvalue weighted by Gasteiger charge is 2.19. The molecule has 11 nitrogen and oxygen atoms in total. The van der Waals surface area contributed by atoms with Gasteiger partial charge in [-0.15, -0.1) is 0 Å². The molecule has 3 heterocycles. The molecule has 0 atom stereocenters. The first-order chi connectivity index (χ1) is 11.9. The first kappa shape index (κ1) is 16.6. The van der Waals surface area contributed by atoms with Gasteiger partial charge in [0.25, 0.3) is 0 Å². The van der Waals surface area contributed by atoms with Crippen LogP contribution in [0.25, 0.3) is 17.0 Å². The molecule has 0 unspecified atom stereocenters. The lowest BCUT2D eigenvalue weighted by Crippen LogP contribution is -2.28. The molecule has 0 bridgehead atoms. The molecule has 0 saturated heterocycles. The summed E-state index contributed by atoms with van der Waals surface area (Å²) in [4.78, 5) is 32.6. The van der Waals surface area contributed by atoms with Crippen LogP contribution in [0, 0.1) is 0 Å². The van der Waals surface area contributed by atoms with E-state index in [1.165, 1.54) is 23.5 Å². The van der Waals surface area contributed by atoms with Crippen molar-refractivity contribution >= 4 is 23.2 Å². The van der Waals surface area contributed by atoms with Crippen LogP contribution in [0.3, 0.4) is 0 Å². The minimum Gasteiger partial charge on any atom is -0.444 e. The average molecular weight is 344 g/mol. The number of nitrogens with one attached hydrogen (secondary N) is 1. The predicted molar refractivity (Wildman–Crippen MR) is 85.8 cm³/mol. The molecule has 2 N–H and O–H groups in total. The molecule has 0 aliphatic heterocycles. The SMILES string of the molecule is CC(C)(C)OC(=O)Nc1nc(-n2cncn2)c2nc(CO)cnc2n1.